The molecule has 1 aliphatic rings. The molecule has 0 aromatic rings. The van der Waals surface area contributed by atoms with Crippen LogP contribution in [0.1, 0.15) is 6.42 Å². The quantitative estimate of drug-likeness (QED) is 0.315. The highest BCUT2D eigenvalue weighted by Gasteiger charge is 2.10. The van der Waals surface area contributed by atoms with Crippen molar-refractivity contribution in [3.63, 3.8) is 0 Å². The molecule has 0 saturated carbocycles. The first-order chi connectivity index (χ1) is 2.93. The molecule has 6 heavy (non-hydrogen) atoms. The lowest BCUT2D eigenvalue weighted by Crippen LogP contribution is -2.29. The maximum Gasteiger partial charge on any atom is 0.0110 e. The summed E-state index contributed by atoms with van der Waals surface area (Å²) in [6, 6.07) is 0. The van der Waals surface area contributed by atoms with Crippen LogP contribution in [0.3, 0.4) is 0 Å². The van der Waals surface area contributed by atoms with Crippen LogP contribution in [0, 0.1) is 0 Å². The highest BCUT2D eigenvalue weighted by molar-refractivity contribution is 8.67. The lowest BCUT2D eigenvalue weighted by Gasteiger charge is -2.26. The van der Waals surface area contributed by atoms with Crippen molar-refractivity contribution >= 4 is 22.6 Å². The van der Waals surface area contributed by atoms with E-state index in [4.69, 9.17) is 0 Å². The van der Waals surface area contributed by atoms with E-state index in [1.54, 1.807) is 0 Å². The van der Waals surface area contributed by atoms with Gasteiger partial charge in [0.15, 0.2) is 0 Å². The Morgan fingerprint density at radius 1 is 1.50 bits per heavy atom. The van der Waals surface area contributed by atoms with Gasteiger partial charge >= 0.3 is 0 Å². The normalized spacial score (nSPS) is 23.5. The third kappa shape index (κ3) is 0.832. The monoisotopic (exact) mass is 121 g/mol. The van der Waals surface area contributed by atoms with Gasteiger partial charge in [-0.05, 0) is 17.4 Å². The molecule has 1 aliphatic heterocycles. The van der Waals surface area contributed by atoms with Crippen molar-refractivity contribution < 1.29 is 0 Å². The molecule has 0 spiro atoms. The fourth-order valence-corrected chi connectivity index (χ4v) is 1.28. The molecule has 36 valence electrons. The Labute approximate surface area is 47.0 Å². The summed E-state index contributed by atoms with van der Waals surface area (Å²) in [6.45, 7) is 2.46. The molecule has 1 fully saturated rings. The van der Waals surface area contributed by atoms with Gasteiger partial charge in [-0.15, -0.1) is 0 Å². The van der Waals surface area contributed by atoms with Gasteiger partial charge in [-0.25, -0.2) is 4.31 Å². The molecule has 1 heterocycles. The summed E-state index contributed by atoms with van der Waals surface area (Å²) in [5, 5.41) is 0. The van der Waals surface area contributed by atoms with E-state index in [2.05, 4.69) is 16.0 Å². The predicted octanol–water partition coefficient (Wildman–Crippen LogP) is 1.19. The summed E-state index contributed by atoms with van der Waals surface area (Å²) < 4.78 is 2.21. The summed E-state index contributed by atoms with van der Waals surface area (Å²) in [6.07, 6.45) is 1.35. The Balaban J connectivity index is 2.01. The molecule has 3 heteroatoms. The minimum absolute atomic E-state index is 1.23. The summed E-state index contributed by atoms with van der Waals surface area (Å²) >= 11 is 3.99. The molecule has 0 N–H and O–H groups in total. The van der Waals surface area contributed by atoms with E-state index in [9.17, 15) is 0 Å². The van der Waals surface area contributed by atoms with Crippen LogP contribution in [0.25, 0.3) is 0 Å². The molecule has 0 atom stereocenters. The van der Waals surface area contributed by atoms with Gasteiger partial charge in [-0.1, -0.05) is 11.7 Å². The average Bonchev–Trinajstić information content (AvgIpc) is 1.31. The van der Waals surface area contributed by atoms with Crippen molar-refractivity contribution in [2.24, 2.45) is 0 Å². The van der Waals surface area contributed by atoms with Crippen LogP contribution in [-0.4, -0.2) is 17.4 Å². The van der Waals surface area contributed by atoms with Crippen LogP contribution >= 0.6 is 22.6 Å². The van der Waals surface area contributed by atoms with Crippen LogP contribution in [0.2, 0.25) is 0 Å². The van der Waals surface area contributed by atoms with Crippen molar-refractivity contribution in [1.82, 2.24) is 4.31 Å². The van der Waals surface area contributed by atoms with E-state index in [1.807, 2.05) is 0 Å². The Bertz CT molecular complexity index is 41.3. The molecular formula is C3H7NS2. The molecule has 0 bridgehead atoms. The van der Waals surface area contributed by atoms with Gasteiger partial charge < -0.3 is 0 Å². The molecule has 0 amide bonds. The third-order valence-electron chi connectivity index (χ3n) is 0.930. The van der Waals surface area contributed by atoms with Gasteiger partial charge in [0.25, 0.3) is 0 Å². The molecule has 0 unspecified atom stereocenters. The van der Waals surface area contributed by atoms with Crippen molar-refractivity contribution in [2.75, 3.05) is 13.1 Å². The summed E-state index contributed by atoms with van der Waals surface area (Å²) in [5.41, 5.74) is 0. The number of hydrogen-bond donors (Lipinski definition) is 1. The Kier molecular flexibility index (Phi) is 1.68. The maximum absolute atomic E-state index is 3.99. The standard InChI is InChI=1S/C3H7NS2/c5-6-4-2-1-3-4/h5H,1-3H2. The van der Waals surface area contributed by atoms with Crippen molar-refractivity contribution in [3.8, 4) is 0 Å². The third-order valence-corrected chi connectivity index (χ3v) is 2.22. The molecule has 0 aromatic heterocycles. The van der Waals surface area contributed by atoms with Gasteiger partial charge in [0.1, 0.15) is 0 Å². The van der Waals surface area contributed by atoms with Crippen molar-refractivity contribution in [1.29, 1.82) is 0 Å². The largest absolute Gasteiger partial charge is 0.241 e. The second-order valence-electron chi connectivity index (χ2n) is 1.36. The SMILES string of the molecule is SSN1CCC1. The van der Waals surface area contributed by atoms with Crippen LogP contribution in [0.5, 0.6) is 0 Å². The molecule has 0 aliphatic carbocycles. The van der Waals surface area contributed by atoms with Gasteiger partial charge in [0.2, 0.25) is 0 Å². The highest BCUT2D eigenvalue weighted by atomic mass is 33.1. The number of nitrogens with zero attached hydrogens (tertiary/aromatic N) is 1. The topological polar surface area (TPSA) is 3.24 Å². The van der Waals surface area contributed by atoms with Gasteiger partial charge in [-0.2, -0.15) is 0 Å². The van der Waals surface area contributed by atoms with Crippen LogP contribution in [0.15, 0.2) is 0 Å². The molecule has 1 saturated heterocycles. The van der Waals surface area contributed by atoms with E-state index in [0.29, 0.717) is 0 Å². The fraction of sp³-hybridized carbons (Fsp3) is 1.00. The van der Waals surface area contributed by atoms with Gasteiger partial charge in [0, 0.05) is 13.1 Å². The highest BCUT2D eigenvalue weighted by Crippen LogP contribution is 2.20. The Morgan fingerprint density at radius 2 is 2.17 bits per heavy atom. The van der Waals surface area contributed by atoms with E-state index < -0.39 is 0 Å². The first kappa shape index (κ1) is 4.81. The summed E-state index contributed by atoms with van der Waals surface area (Å²) in [7, 11) is 1.54. The van der Waals surface area contributed by atoms with Crippen molar-refractivity contribution in [2.45, 2.75) is 6.42 Å². The first-order valence-electron chi connectivity index (χ1n) is 2.00. The van der Waals surface area contributed by atoms with Gasteiger partial charge in [-0.3, -0.25) is 0 Å². The second kappa shape index (κ2) is 2.09. The van der Waals surface area contributed by atoms with Crippen LogP contribution in [-0.2, 0) is 0 Å². The predicted molar refractivity (Wildman–Crippen MR) is 32.8 cm³/mol. The van der Waals surface area contributed by atoms with Crippen LogP contribution < -0.4 is 0 Å². The number of hydrogen-bond acceptors (Lipinski definition) is 3. The molecule has 0 aromatic carbocycles. The zero-order valence-electron chi connectivity index (χ0n) is 3.42. The summed E-state index contributed by atoms with van der Waals surface area (Å²) in [4.78, 5) is 0. The van der Waals surface area contributed by atoms with Crippen LogP contribution in [0.4, 0.5) is 0 Å². The average molecular weight is 121 g/mol. The fourth-order valence-electron chi connectivity index (χ4n) is 0.369. The smallest absolute Gasteiger partial charge is 0.0110 e. The number of rotatable bonds is 1. The zero-order chi connectivity index (χ0) is 4.41. The van der Waals surface area contributed by atoms with E-state index in [0.717, 1.165) is 0 Å². The van der Waals surface area contributed by atoms with Crippen molar-refractivity contribution in [3.05, 3.63) is 0 Å². The van der Waals surface area contributed by atoms with E-state index >= 15 is 0 Å². The minimum atomic E-state index is 1.23. The van der Waals surface area contributed by atoms with Gasteiger partial charge in [0.05, 0.1) is 0 Å². The van der Waals surface area contributed by atoms with E-state index in [1.165, 1.54) is 30.5 Å². The molecule has 0 radical (unpaired) electrons. The Morgan fingerprint density at radius 3 is 2.17 bits per heavy atom. The number of thiol groups is 1. The Hall–Kier alpha value is 0.660. The zero-order valence-corrected chi connectivity index (χ0v) is 5.13. The molecular weight excluding hydrogens is 114 g/mol. The minimum Gasteiger partial charge on any atom is -0.241 e. The lowest BCUT2D eigenvalue weighted by atomic mass is 10.3. The maximum atomic E-state index is 3.99. The second-order valence-corrected chi connectivity index (χ2v) is 2.53. The molecule has 1 rings (SSSR count). The lowest BCUT2D eigenvalue weighted by molar-refractivity contribution is 0.347. The summed E-state index contributed by atoms with van der Waals surface area (Å²) in [5.74, 6) is 0. The first-order valence-corrected chi connectivity index (χ1v) is 3.82. The van der Waals surface area contributed by atoms with E-state index in [-0.39, 0.29) is 0 Å². The molecule has 1 nitrogen and oxygen atoms in total.